The topological polar surface area (TPSA) is 124 Å². The lowest BCUT2D eigenvalue weighted by Gasteiger charge is -2.46. The molecule has 4 saturated heterocycles. The van der Waals surface area contributed by atoms with E-state index in [-0.39, 0.29) is 35.8 Å². The molecule has 0 bridgehead atoms. The highest BCUT2D eigenvalue weighted by Crippen LogP contribution is 2.50. The molecule has 1 spiro atoms. The summed E-state index contributed by atoms with van der Waals surface area (Å²) in [5, 5.41) is 12.7. The summed E-state index contributed by atoms with van der Waals surface area (Å²) in [6, 6.07) is 27.0. The summed E-state index contributed by atoms with van der Waals surface area (Å²) in [6.07, 6.45) is 5.59. The quantitative estimate of drug-likeness (QED) is 0.215. The summed E-state index contributed by atoms with van der Waals surface area (Å²) in [6.45, 7) is 7.27. The Morgan fingerprint density at radius 1 is 0.871 bits per heavy atom. The number of methoxy groups -OCH3 is 1. The number of fused-ring (bicyclic) bond motifs is 6. The highest BCUT2D eigenvalue weighted by Gasteiger charge is 2.46. The fraction of sp³-hybridized carbons (Fsp3) is 0.460. The van der Waals surface area contributed by atoms with E-state index < -0.39 is 11.9 Å². The number of rotatable bonds is 7. The van der Waals surface area contributed by atoms with Gasteiger partial charge in [-0.1, -0.05) is 42.5 Å². The summed E-state index contributed by atoms with van der Waals surface area (Å²) in [4.78, 5) is 46.9. The predicted octanol–water partition coefficient (Wildman–Crippen LogP) is 5.98. The van der Waals surface area contributed by atoms with Crippen LogP contribution < -0.4 is 24.6 Å². The van der Waals surface area contributed by atoms with E-state index in [4.69, 9.17) is 14.2 Å². The molecule has 1 unspecified atom stereocenters. The van der Waals surface area contributed by atoms with Gasteiger partial charge < -0.3 is 34.0 Å². The number of amides is 3. The van der Waals surface area contributed by atoms with E-state index in [0.717, 1.165) is 101 Å². The van der Waals surface area contributed by atoms with Gasteiger partial charge in [0.15, 0.2) is 0 Å². The van der Waals surface area contributed by atoms with E-state index in [1.807, 2.05) is 24.3 Å². The van der Waals surface area contributed by atoms with E-state index in [9.17, 15) is 19.5 Å². The molecule has 1 aliphatic carbocycles. The van der Waals surface area contributed by atoms with Crippen LogP contribution in [0.15, 0.2) is 78.9 Å². The number of aryl methyl sites for hydroxylation is 1. The number of aromatic hydroxyl groups is 1. The van der Waals surface area contributed by atoms with Gasteiger partial charge in [-0.25, -0.2) is 0 Å². The number of nitrogens with zero attached hydrogens (tertiary/aromatic N) is 4. The first-order chi connectivity index (χ1) is 30.2. The highest BCUT2D eigenvalue weighted by molar-refractivity contribution is 6.06. The number of carbonyl (C=O) groups excluding carboxylic acids is 3. The maximum Gasteiger partial charge on any atom is 0.255 e. The molecular weight excluding hydrogens is 783 g/mol. The predicted molar refractivity (Wildman–Crippen MR) is 234 cm³/mol. The Balaban J connectivity index is 0.717. The molecule has 4 fully saturated rings. The van der Waals surface area contributed by atoms with Crippen LogP contribution in [-0.4, -0.2) is 110 Å². The molecule has 6 heterocycles. The molecule has 7 aliphatic rings. The van der Waals surface area contributed by atoms with E-state index in [0.29, 0.717) is 42.7 Å². The van der Waals surface area contributed by atoms with Gasteiger partial charge in [-0.05, 0) is 97.4 Å². The van der Waals surface area contributed by atoms with Gasteiger partial charge in [0.25, 0.3) is 5.91 Å². The summed E-state index contributed by atoms with van der Waals surface area (Å²) in [7, 11) is 1.78. The molecule has 12 heteroatoms. The number of piperidine rings is 2. The van der Waals surface area contributed by atoms with Crippen molar-refractivity contribution in [2.24, 2.45) is 5.92 Å². The van der Waals surface area contributed by atoms with Crippen LogP contribution in [0, 0.1) is 5.92 Å². The fourth-order valence-electron chi connectivity index (χ4n) is 12.1. The monoisotopic (exact) mass is 837 g/mol. The van der Waals surface area contributed by atoms with Crippen molar-refractivity contribution in [2.45, 2.75) is 81.0 Å². The second-order valence-corrected chi connectivity index (χ2v) is 18.7. The lowest BCUT2D eigenvalue weighted by Crippen LogP contribution is -2.58. The smallest absolute Gasteiger partial charge is 0.255 e. The number of piperazine rings is 1. The van der Waals surface area contributed by atoms with Gasteiger partial charge in [0.2, 0.25) is 11.8 Å². The Morgan fingerprint density at radius 3 is 2.53 bits per heavy atom. The first-order valence-electron chi connectivity index (χ1n) is 22.6. The van der Waals surface area contributed by atoms with E-state index in [1.54, 1.807) is 12.0 Å². The second kappa shape index (κ2) is 15.6. The summed E-state index contributed by atoms with van der Waals surface area (Å²) in [5.41, 5.74) is 8.57. The average Bonchev–Trinajstić information content (AvgIpc) is 3.85. The molecule has 0 aromatic heterocycles. The summed E-state index contributed by atoms with van der Waals surface area (Å²) in [5.74, 6) is 2.04. The number of imide groups is 1. The maximum absolute atomic E-state index is 13.4. The minimum atomic E-state index is -0.644. The number of anilines is 2. The summed E-state index contributed by atoms with van der Waals surface area (Å²) < 4.78 is 19.4. The van der Waals surface area contributed by atoms with Gasteiger partial charge in [-0.3, -0.25) is 24.6 Å². The summed E-state index contributed by atoms with van der Waals surface area (Å²) >= 11 is 0. The van der Waals surface area contributed by atoms with Gasteiger partial charge >= 0.3 is 0 Å². The van der Waals surface area contributed by atoms with Gasteiger partial charge in [0.1, 0.15) is 29.9 Å². The lowest BCUT2D eigenvalue weighted by molar-refractivity contribution is -0.136. The number of carbonyl (C=O) groups is 3. The van der Waals surface area contributed by atoms with Crippen LogP contribution in [0.4, 0.5) is 11.4 Å². The van der Waals surface area contributed by atoms with Crippen molar-refractivity contribution in [3.8, 4) is 17.2 Å². The minimum absolute atomic E-state index is 0.0836. The number of ether oxygens (including phenoxy) is 3. The van der Waals surface area contributed by atoms with Crippen molar-refractivity contribution in [3.05, 3.63) is 112 Å². The molecule has 0 saturated carbocycles. The number of benzene rings is 4. The van der Waals surface area contributed by atoms with Crippen LogP contribution in [0.25, 0.3) is 0 Å². The van der Waals surface area contributed by atoms with Crippen LogP contribution in [0.2, 0.25) is 0 Å². The Morgan fingerprint density at radius 2 is 1.71 bits per heavy atom. The van der Waals surface area contributed by atoms with Crippen molar-refractivity contribution < 1.29 is 33.7 Å². The fourth-order valence-corrected chi connectivity index (χ4v) is 12.1. The zero-order valence-electron chi connectivity index (χ0n) is 35.4. The van der Waals surface area contributed by atoms with Gasteiger partial charge in [0.05, 0.1) is 37.6 Å². The zero-order valence-corrected chi connectivity index (χ0v) is 35.4. The van der Waals surface area contributed by atoms with Crippen molar-refractivity contribution in [1.82, 2.24) is 15.1 Å². The zero-order chi connectivity index (χ0) is 42.1. The van der Waals surface area contributed by atoms with Crippen molar-refractivity contribution >= 4 is 29.1 Å². The maximum atomic E-state index is 13.4. The molecule has 6 aliphatic heterocycles. The second-order valence-electron chi connectivity index (χ2n) is 18.7. The Labute approximate surface area is 362 Å². The molecule has 2 N–H and O–H groups in total. The minimum Gasteiger partial charge on any atom is -0.508 e. The Kier molecular flexibility index (Phi) is 9.91. The first-order valence-corrected chi connectivity index (χ1v) is 22.6. The van der Waals surface area contributed by atoms with Crippen LogP contribution in [0.3, 0.4) is 0 Å². The molecule has 4 aromatic carbocycles. The third kappa shape index (κ3) is 6.86. The van der Waals surface area contributed by atoms with Gasteiger partial charge in [0, 0.05) is 80.1 Å². The molecule has 5 atom stereocenters. The molecule has 322 valence electrons. The SMILES string of the molecule is COc1cc(N2CCC3(CC2)CC(CN2CCN4c5ccc6c(c5OC[C@H]4C2)CN([C@H]2CCC(=O)NC2=O)C6=O)CO3)ccc1[C@@H]1c2ccc(O)cc2CC[C@@H]1c1ccccc1. The van der Waals surface area contributed by atoms with Crippen LogP contribution in [0.1, 0.15) is 88.5 Å². The normalized spacial score (nSPS) is 26.7. The molecule has 12 nitrogen and oxygen atoms in total. The third-order valence-electron chi connectivity index (χ3n) is 15.2. The molecule has 4 aromatic rings. The van der Waals surface area contributed by atoms with E-state index in [2.05, 4.69) is 74.6 Å². The third-order valence-corrected chi connectivity index (χ3v) is 15.2. The molecule has 62 heavy (non-hydrogen) atoms. The van der Waals surface area contributed by atoms with Crippen molar-refractivity contribution in [1.29, 1.82) is 0 Å². The van der Waals surface area contributed by atoms with Crippen LogP contribution >= 0.6 is 0 Å². The number of hydrogen-bond acceptors (Lipinski definition) is 10. The highest BCUT2D eigenvalue weighted by atomic mass is 16.5. The van der Waals surface area contributed by atoms with Crippen LogP contribution in [0.5, 0.6) is 17.2 Å². The van der Waals surface area contributed by atoms with E-state index >= 15 is 0 Å². The number of phenolic OH excluding ortho intramolecular Hbond substituents is 1. The number of hydrogen-bond donors (Lipinski definition) is 2. The number of nitrogens with one attached hydrogen (secondary N) is 1. The Bertz CT molecular complexity index is 2420. The van der Waals surface area contributed by atoms with E-state index in [1.165, 1.54) is 27.9 Å². The van der Waals surface area contributed by atoms with Crippen molar-refractivity contribution in [2.75, 3.05) is 69.4 Å². The van der Waals surface area contributed by atoms with Gasteiger partial charge in [-0.15, -0.1) is 0 Å². The van der Waals surface area contributed by atoms with Gasteiger partial charge in [-0.2, -0.15) is 0 Å². The first kappa shape index (κ1) is 39.3. The number of phenols is 1. The molecule has 11 rings (SSSR count). The standard InChI is InChI=1S/C50H55N5O7/c1-60-44-24-34(8-11-40(44)46-37(32-5-3-2-4-6-32)10-7-33-23-36(56)9-12-38(33)46)53-19-17-50(18-20-53)25-31(29-62-50)26-52-21-22-54-35(27-52)30-61-47-41-28-55(43-15-16-45(57)51-48(43)58)49(59)39(41)13-14-42(47)54/h2-6,8-9,11-14,23-24,31,35,37,43,46,56H,7,10,15-22,25-30H2,1H3,(H,51,57,58)/t31?,35-,37-,43+,46+/m1/s1. The molecule has 3 amide bonds. The van der Waals surface area contributed by atoms with Crippen LogP contribution in [-0.2, 0) is 27.3 Å². The molecular formula is C50H55N5O7. The average molecular weight is 838 g/mol. The van der Waals surface area contributed by atoms with Crippen molar-refractivity contribution in [3.63, 3.8) is 0 Å². The Hall–Kier alpha value is -5.59. The molecule has 0 radical (unpaired) electrons. The largest absolute Gasteiger partial charge is 0.508 e. The lowest BCUT2D eigenvalue weighted by atomic mass is 9.69.